The van der Waals surface area contributed by atoms with E-state index >= 15 is 0 Å². The summed E-state index contributed by atoms with van der Waals surface area (Å²) in [5, 5.41) is 14.0. The highest BCUT2D eigenvalue weighted by Crippen LogP contribution is 2.27. The number of hydrogen-bond acceptors (Lipinski definition) is 4. The summed E-state index contributed by atoms with van der Waals surface area (Å²) in [5.74, 6) is -2.24. The van der Waals surface area contributed by atoms with Crippen LogP contribution in [0.4, 0.5) is 23.2 Å². The molecule has 0 bridgehead atoms. The number of nitro groups is 1. The first kappa shape index (κ1) is 15.9. The Bertz CT molecular complexity index is 739. The highest BCUT2D eigenvalue weighted by molar-refractivity contribution is 5.42. The van der Waals surface area contributed by atoms with Crippen molar-refractivity contribution >= 4 is 5.69 Å². The summed E-state index contributed by atoms with van der Waals surface area (Å²) < 4.78 is 52.3. The highest BCUT2D eigenvalue weighted by Gasteiger charge is 2.36. The van der Waals surface area contributed by atoms with Crippen molar-refractivity contribution in [3.63, 3.8) is 0 Å². The number of hydrogen-bond donors (Lipinski definition) is 0. The Morgan fingerprint density at radius 1 is 1.32 bits per heavy atom. The van der Waals surface area contributed by atoms with Gasteiger partial charge in [0.15, 0.2) is 0 Å². The number of nitro benzene ring substituents is 1. The quantitative estimate of drug-likeness (QED) is 0.495. The van der Waals surface area contributed by atoms with Gasteiger partial charge in [0.1, 0.15) is 11.6 Å². The van der Waals surface area contributed by atoms with E-state index in [2.05, 4.69) is 10.1 Å². The molecule has 2 aromatic rings. The maximum absolute atomic E-state index is 13.9. The molecular formula is C12H10F4N4O2. The Kier molecular flexibility index (Phi) is 3.86. The van der Waals surface area contributed by atoms with Gasteiger partial charge >= 0.3 is 6.18 Å². The Hall–Kier alpha value is -2.52. The fourth-order valence-electron chi connectivity index (χ4n) is 1.90. The van der Waals surface area contributed by atoms with E-state index in [0.29, 0.717) is 0 Å². The minimum absolute atomic E-state index is 0.00942. The molecule has 6 nitrogen and oxygen atoms in total. The predicted molar refractivity (Wildman–Crippen MR) is 66.7 cm³/mol. The molecule has 0 aliphatic heterocycles. The molecule has 1 aromatic carbocycles. The van der Waals surface area contributed by atoms with Crippen LogP contribution in [-0.4, -0.2) is 19.7 Å². The molecule has 0 saturated heterocycles. The number of aryl methyl sites for hydroxylation is 2. The van der Waals surface area contributed by atoms with Gasteiger partial charge < -0.3 is 0 Å². The fourth-order valence-corrected chi connectivity index (χ4v) is 1.90. The van der Waals surface area contributed by atoms with E-state index in [1.54, 1.807) is 0 Å². The van der Waals surface area contributed by atoms with Gasteiger partial charge in [-0.25, -0.2) is 14.1 Å². The molecule has 0 atom stereocenters. The molecule has 22 heavy (non-hydrogen) atoms. The second-order valence-electron chi connectivity index (χ2n) is 4.63. The molecule has 118 valence electrons. The molecule has 1 heterocycles. The Morgan fingerprint density at radius 3 is 2.45 bits per heavy atom. The van der Waals surface area contributed by atoms with E-state index in [1.807, 2.05) is 0 Å². The van der Waals surface area contributed by atoms with Crippen molar-refractivity contribution in [2.24, 2.45) is 0 Å². The lowest BCUT2D eigenvalue weighted by Gasteiger charge is -2.07. The van der Waals surface area contributed by atoms with E-state index in [0.717, 1.165) is 10.7 Å². The van der Waals surface area contributed by atoms with E-state index < -0.39 is 28.4 Å². The summed E-state index contributed by atoms with van der Waals surface area (Å²) in [5.41, 5.74) is -0.201. The lowest BCUT2D eigenvalue weighted by molar-refractivity contribution is -0.385. The predicted octanol–water partition coefficient (Wildman–Crippen LogP) is 3.01. The molecule has 0 spiro atoms. The van der Waals surface area contributed by atoms with Gasteiger partial charge in [-0.3, -0.25) is 10.1 Å². The summed E-state index contributed by atoms with van der Waals surface area (Å²) in [4.78, 5) is 13.2. The van der Waals surface area contributed by atoms with Crippen LogP contribution in [0.1, 0.15) is 22.8 Å². The first-order valence-electron chi connectivity index (χ1n) is 6.01. The summed E-state index contributed by atoms with van der Waals surface area (Å²) in [6, 6.07) is 1.95. The Labute approximate surface area is 121 Å². The maximum Gasteiger partial charge on any atom is 0.453 e. The summed E-state index contributed by atoms with van der Waals surface area (Å²) in [6.45, 7) is 2.41. The molecule has 0 N–H and O–H groups in total. The number of benzene rings is 1. The molecule has 0 unspecified atom stereocenters. The second-order valence-corrected chi connectivity index (χ2v) is 4.63. The molecule has 0 radical (unpaired) electrons. The zero-order valence-electron chi connectivity index (χ0n) is 11.5. The van der Waals surface area contributed by atoms with Crippen LogP contribution in [0.2, 0.25) is 0 Å². The minimum atomic E-state index is -4.69. The molecule has 1 aromatic heterocycles. The van der Waals surface area contributed by atoms with Crippen LogP contribution in [0.3, 0.4) is 0 Å². The van der Waals surface area contributed by atoms with Crippen LogP contribution < -0.4 is 0 Å². The van der Waals surface area contributed by atoms with Crippen molar-refractivity contribution in [3.8, 4) is 0 Å². The second kappa shape index (κ2) is 5.35. The van der Waals surface area contributed by atoms with Crippen molar-refractivity contribution in [3.05, 3.63) is 50.8 Å². The van der Waals surface area contributed by atoms with Crippen LogP contribution in [0.5, 0.6) is 0 Å². The smallest absolute Gasteiger partial charge is 0.258 e. The van der Waals surface area contributed by atoms with Crippen molar-refractivity contribution in [1.82, 2.24) is 14.8 Å². The van der Waals surface area contributed by atoms with Crippen LogP contribution in [0, 0.1) is 29.8 Å². The van der Waals surface area contributed by atoms with Gasteiger partial charge in [0.05, 0.1) is 17.5 Å². The van der Waals surface area contributed by atoms with Crippen LogP contribution in [0.15, 0.2) is 12.1 Å². The van der Waals surface area contributed by atoms with Crippen LogP contribution in [-0.2, 0) is 12.7 Å². The molecular weight excluding hydrogens is 308 g/mol. The van der Waals surface area contributed by atoms with E-state index in [9.17, 15) is 27.7 Å². The third kappa shape index (κ3) is 3.05. The molecule has 0 saturated carbocycles. The van der Waals surface area contributed by atoms with Gasteiger partial charge in [-0.1, -0.05) is 0 Å². The lowest BCUT2D eigenvalue weighted by Crippen LogP contribution is -2.10. The summed E-state index contributed by atoms with van der Waals surface area (Å²) in [7, 11) is 0. The first-order valence-corrected chi connectivity index (χ1v) is 6.01. The van der Waals surface area contributed by atoms with Crippen LogP contribution in [0.25, 0.3) is 0 Å². The van der Waals surface area contributed by atoms with Gasteiger partial charge in [-0.2, -0.15) is 13.2 Å². The van der Waals surface area contributed by atoms with Crippen molar-refractivity contribution in [2.45, 2.75) is 26.6 Å². The average Bonchev–Trinajstić information content (AvgIpc) is 2.74. The van der Waals surface area contributed by atoms with Crippen LogP contribution >= 0.6 is 0 Å². The Balaban J connectivity index is 2.38. The fraction of sp³-hybridized carbons (Fsp3) is 0.333. The number of alkyl halides is 3. The zero-order chi connectivity index (χ0) is 16.7. The number of halogens is 4. The number of rotatable bonds is 3. The highest BCUT2D eigenvalue weighted by atomic mass is 19.4. The lowest BCUT2D eigenvalue weighted by atomic mass is 10.1. The van der Waals surface area contributed by atoms with Gasteiger partial charge in [-0.15, -0.1) is 5.10 Å². The van der Waals surface area contributed by atoms with Gasteiger partial charge in [-0.05, 0) is 19.9 Å². The molecule has 0 aliphatic rings. The van der Waals surface area contributed by atoms with Crippen molar-refractivity contribution in [1.29, 1.82) is 0 Å². The zero-order valence-corrected chi connectivity index (χ0v) is 11.5. The van der Waals surface area contributed by atoms with Gasteiger partial charge in [0.25, 0.3) is 11.5 Å². The van der Waals surface area contributed by atoms with E-state index in [1.165, 1.54) is 19.9 Å². The number of nitrogens with zero attached hydrogens (tertiary/aromatic N) is 4. The molecule has 2 rings (SSSR count). The summed E-state index contributed by atoms with van der Waals surface area (Å²) >= 11 is 0. The third-order valence-corrected chi connectivity index (χ3v) is 2.99. The molecule has 0 aliphatic carbocycles. The minimum Gasteiger partial charge on any atom is -0.258 e. The maximum atomic E-state index is 13.9. The first-order chi connectivity index (χ1) is 10.1. The molecule has 0 fully saturated rings. The molecule has 0 amide bonds. The normalized spacial score (nSPS) is 11.7. The third-order valence-electron chi connectivity index (χ3n) is 2.99. The van der Waals surface area contributed by atoms with E-state index in [4.69, 9.17) is 0 Å². The monoisotopic (exact) mass is 318 g/mol. The average molecular weight is 318 g/mol. The van der Waals surface area contributed by atoms with Gasteiger partial charge in [0, 0.05) is 11.1 Å². The van der Waals surface area contributed by atoms with Crippen molar-refractivity contribution < 1.29 is 22.5 Å². The Morgan fingerprint density at radius 2 is 1.95 bits per heavy atom. The largest absolute Gasteiger partial charge is 0.453 e. The van der Waals surface area contributed by atoms with Crippen molar-refractivity contribution in [2.75, 3.05) is 0 Å². The molecule has 10 heteroatoms. The SMILES string of the molecule is Cc1cc(Cn2nc(C(F)(F)F)nc2C)c(F)cc1[N+](=O)[O-]. The van der Waals surface area contributed by atoms with Gasteiger partial charge in [0.2, 0.25) is 0 Å². The standard InChI is InChI=1S/C12H10F4N4O2/c1-6-3-8(9(13)4-10(6)20(21)22)5-19-7(2)17-11(18-19)12(14,15)16/h3-4H,5H2,1-2H3. The van der Waals surface area contributed by atoms with E-state index in [-0.39, 0.29) is 23.5 Å². The summed E-state index contributed by atoms with van der Waals surface area (Å²) in [6.07, 6.45) is -4.69. The number of aromatic nitrogens is 3. The topological polar surface area (TPSA) is 73.8 Å².